The maximum absolute atomic E-state index is 6.30. The predicted molar refractivity (Wildman–Crippen MR) is 85.3 cm³/mol. The molecular formula is C14H21Cl2N3O. The van der Waals surface area contributed by atoms with Crippen molar-refractivity contribution < 1.29 is 4.74 Å². The Labute approximate surface area is 130 Å². The van der Waals surface area contributed by atoms with Gasteiger partial charge in [-0.05, 0) is 32.8 Å². The number of aromatic nitrogens is 1. The lowest BCUT2D eigenvalue weighted by molar-refractivity contribution is 0.115. The van der Waals surface area contributed by atoms with Gasteiger partial charge in [0.25, 0.3) is 0 Å². The first-order valence-corrected chi connectivity index (χ1v) is 7.87. The number of halogens is 2. The summed E-state index contributed by atoms with van der Waals surface area (Å²) in [6.07, 6.45) is 2.50. The van der Waals surface area contributed by atoms with Crippen molar-refractivity contribution in [3.63, 3.8) is 0 Å². The average Bonchev–Trinajstić information content (AvgIpc) is 2.92. The first kappa shape index (κ1) is 15.7. The fraction of sp³-hybridized carbons (Fsp3) is 0.643. The minimum Gasteiger partial charge on any atom is -0.376 e. The molecule has 0 saturated carbocycles. The van der Waals surface area contributed by atoms with Gasteiger partial charge in [-0.15, -0.1) is 0 Å². The van der Waals surface area contributed by atoms with Crippen molar-refractivity contribution in [1.82, 2.24) is 4.98 Å². The van der Waals surface area contributed by atoms with Crippen molar-refractivity contribution in [3.05, 3.63) is 16.1 Å². The van der Waals surface area contributed by atoms with E-state index in [4.69, 9.17) is 27.9 Å². The molecule has 0 amide bonds. The number of hydrogen-bond acceptors (Lipinski definition) is 4. The monoisotopic (exact) mass is 317 g/mol. The van der Waals surface area contributed by atoms with E-state index in [1.807, 2.05) is 6.92 Å². The quantitative estimate of drug-likeness (QED) is 0.865. The van der Waals surface area contributed by atoms with E-state index in [1.54, 1.807) is 6.07 Å². The number of pyridine rings is 1. The number of hydrogen-bond donors (Lipinski definition) is 1. The molecule has 20 heavy (non-hydrogen) atoms. The van der Waals surface area contributed by atoms with Crippen LogP contribution in [0.2, 0.25) is 10.0 Å². The highest BCUT2D eigenvalue weighted by molar-refractivity contribution is 6.37. The standard InChI is InChI=1S/C14H21Cl2N3O/c1-3-17-13-11(15)8-12(16)14(18-13)19(4-2)9-10-6-5-7-20-10/h8,10H,3-7,9H2,1-2H3,(H,17,18). The maximum atomic E-state index is 6.30. The normalized spacial score (nSPS) is 18.3. The molecule has 1 aliphatic rings. The van der Waals surface area contributed by atoms with Gasteiger partial charge in [-0.25, -0.2) is 4.98 Å². The van der Waals surface area contributed by atoms with Crippen LogP contribution in [0.3, 0.4) is 0 Å². The molecule has 4 nitrogen and oxygen atoms in total. The van der Waals surface area contributed by atoms with Gasteiger partial charge in [-0.1, -0.05) is 23.2 Å². The Kier molecular flexibility index (Phi) is 5.75. The molecule has 2 rings (SSSR count). The highest BCUT2D eigenvalue weighted by atomic mass is 35.5. The van der Waals surface area contributed by atoms with E-state index < -0.39 is 0 Å². The molecule has 1 aliphatic heterocycles. The van der Waals surface area contributed by atoms with Crippen LogP contribution in [0.25, 0.3) is 0 Å². The Morgan fingerprint density at radius 1 is 1.40 bits per heavy atom. The highest BCUT2D eigenvalue weighted by Gasteiger charge is 2.21. The summed E-state index contributed by atoms with van der Waals surface area (Å²) in [4.78, 5) is 6.72. The number of anilines is 2. The molecule has 1 N–H and O–H groups in total. The van der Waals surface area contributed by atoms with Crippen LogP contribution in [0.5, 0.6) is 0 Å². The molecule has 1 aromatic heterocycles. The van der Waals surface area contributed by atoms with E-state index in [0.29, 0.717) is 15.9 Å². The zero-order chi connectivity index (χ0) is 14.5. The second-order valence-corrected chi connectivity index (χ2v) is 5.64. The van der Waals surface area contributed by atoms with Gasteiger partial charge in [-0.3, -0.25) is 0 Å². The summed E-state index contributed by atoms with van der Waals surface area (Å²) in [7, 11) is 0. The van der Waals surface area contributed by atoms with Crippen molar-refractivity contribution >= 4 is 34.8 Å². The zero-order valence-electron chi connectivity index (χ0n) is 12.0. The average molecular weight is 318 g/mol. The summed E-state index contributed by atoms with van der Waals surface area (Å²) in [5.74, 6) is 1.45. The summed E-state index contributed by atoms with van der Waals surface area (Å²) in [6.45, 7) is 7.37. The summed E-state index contributed by atoms with van der Waals surface area (Å²) < 4.78 is 5.69. The molecule has 1 atom stereocenters. The summed E-state index contributed by atoms with van der Waals surface area (Å²) >= 11 is 12.4. The van der Waals surface area contributed by atoms with Gasteiger partial charge in [0, 0.05) is 26.2 Å². The first-order chi connectivity index (χ1) is 9.65. The minimum atomic E-state index is 0.270. The van der Waals surface area contributed by atoms with Crippen LogP contribution in [0.15, 0.2) is 6.07 Å². The Morgan fingerprint density at radius 3 is 2.80 bits per heavy atom. The Balaban J connectivity index is 2.20. The van der Waals surface area contributed by atoms with Gasteiger partial charge in [-0.2, -0.15) is 0 Å². The Morgan fingerprint density at radius 2 is 2.20 bits per heavy atom. The van der Waals surface area contributed by atoms with Gasteiger partial charge >= 0.3 is 0 Å². The summed E-state index contributed by atoms with van der Waals surface area (Å²) in [5.41, 5.74) is 0. The van der Waals surface area contributed by atoms with Crippen LogP contribution in [0.1, 0.15) is 26.7 Å². The number of nitrogens with one attached hydrogen (secondary N) is 1. The van der Waals surface area contributed by atoms with Crippen molar-refractivity contribution in [2.75, 3.05) is 36.5 Å². The number of likely N-dealkylation sites (N-methyl/N-ethyl adjacent to an activating group) is 1. The van der Waals surface area contributed by atoms with Crippen molar-refractivity contribution in [3.8, 4) is 0 Å². The largest absolute Gasteiger partial charge is 0.376 e. The lowest BCUT2D eigenvalue weighted by atomic mass is 10.2. The smallest absolute Gasteiger partial charge is 0.150 e. The minimum absolute atomic E-state index is 0.270. The van der Waals surface area contributed by atoms with E-state index >= 15 is 0 Å². The molecule has 1 aromatic rings. The predicted octanol–water partition coefficient (Wildman–Crippen LogP) is 3.83. The number of ether oxygens (including phenoxy) is 1. The molecule has 0 spiro atoms. The van der Waals surface area contributed by atoms with Gasteiger partial charge in [0.15, 0.2) is 0 Å². The second-order valence-electron chi connectivity index (χ2n) is 4.83. The van der Waals surface area contributed by atoms with Gasteiger partial charge in [0.1, 0.15) is 11.6 Å². The van der Waals surface area contributed by atoms with Crippen LogP contribution in [-0.2, 0) is 4.74 Å². The molecule has 0 bridgehead atoms. The third kappa shape index (κ3) is 3.68. The van der Waals surface area contributed by atoms with Crippen molar-refractivity contribution in [2.24, 2.45) is 0 Å². The zero-order valence-corrected chi connectivity index (χ0v) is 13.5. The molecule has 0 aromatic carbocycles. The molecule has 1 unspecified atom stereocenters. The van der Waals surface area contributed by atoms with Gasteiger partial charge < -0.3 is 15.0 Å². The first-order valence-electron chi connectivity index (χ1n) is 7.12. The molecule has 0 radical (unpaired) electrons. The van der Waals surface area contributed by atoms with E-state index in [9.17, 15) is 0 Å². The fourth-order valence-electron chi connectivity index (χ4n) is 2.37. The molecule has 1 saturated heterocycles. The molecule has 6 heteroatoms. The Hall–Kier alpha value is -0.710. The van der Waals surface area contributed by atoms with Crippen molar-refractivity contribution in [2.45, 2.75) is 32.8 Å². The maximum Gasteiger partial charge on any atom is 0.150 e. The lowest BCUT2D eigenvalue weighted by Crippen LogP contribution is -2.33. The van der Waals surface area contributed by atoms with Crippen molar-refractivity contribution in [1.29, 1.82) is 0 Å². The van der Waals surface area contributed by atoms with E-state index in [-0.39, 0.29) is 6.10 Å². The fourth-order valence-corrected chi connectivity index (χ4v) is 2.91. The van der Waals surface area contributed by atoms with E-state index in [0.717, 1.165) is 44.9 Å². The van der Waals surface area contributed by atoms with E-state index in [1.165, 1.54) is 0 Å². The Bertz CT molecular complexity index is 450. The topological polar surface area (TPSA) is 37.4 Å². The van der Waals surface area contributed by atoms with E-state index in [2.05, 4.69) is 22.1 Å². The highest BCUT2D eigenvalue weighted by Crippen LogP contribution is 2.32. The molecule has 2 heterocycles. The molecule has 112 valence electrons. The third-order valence-electron chi connectivity index (χ3n) is 3.38. The summed E-state index contributed by atoms with van der Waals surface area (Å²) in [5, 5.41) is 4.29. The molecular weight excluding hydrogens is 297 g/mol. The summed E-state index contributed by atoms with van der Waals surface area (Å²) in [6, 6.07) is 1.75. The van der Waals surface area contributed by atoms with Gasteiger partial charge in [0.05, 0.1) is 16.1 Å². The lowest BCUT2D eigenvalue weighted by Gasteiger charge is -2.26. The van der Waals surface area contributed by atoms with Crippen LogP contribution >= 0.6 is 23.2 Å². The third-order valence-corrected chi connectivity index (χ3v) is 3.95. The van der Waals surface area contributed by atoms with Crippen LogP contribution < -0.4 is 10.2 Å². The SMILES string of the molecule is CCNc1nc(N(CC)CC2CCCO2)c(Cl)cc1Cl. The van der Waals surface area contributed by atoms with Crippen LogP contribution in [0, 0.1) is 0 Å². The second kappa shape index (κ2) is 7.34. The van der Waals surface area contributed by atoms with Crippen LogP contribution in [-0.4, -0.2) is 37.3 Å². The van der Waals surface area contributed by atoms with Gasteiger partial charge in [0.2, 0.25) is 0 Å². The molecule has 1 fully saturated rings. The molecule has 0 aliphatic carbocycles. The van der Waals surface area contributed by atoms with Crippen LogP contribution in [0.4, 0.5) is 11.6 Å². The number of nitrogens with zero attached hydrogens (tertiary/aromatic N) is 2. The number of rotatable bonds is 6.